The van der Waals surface area contributed by atoms with E-state index in [1.54, 1.807) is 0 Å². The van der Waals surface area contributed by atoms with E-state index in [-0.39, 0.29) is 19.0 Å². The summed E-state index contributed by atoms with van der Waals surface area (Å²) in [6.45, 7) is 0.235. The molecule has 0 atom stereocenters. The summed E-state index contributed by atoms with van der Waals surface area (Å²) in [6, 6.07) is 2.25. The van der Waals surface area contributed by atoms with Crippen molar-refractivity contribution in [2.45, 2.75) is 6.18 Å². The molecular formula is C11H10F4O3. The first-order valence-electron chi connectivity index (χ1n) is 4.88. The molecule has 1 aromatic carbocycles. The molecule has 0 unspecified atom stereocenters. The molecule has 0 aliphatic heterocycles. The lowest BCUT2D eigenvalue weighted by Crippen LogP contribution is -2.22. The minimum absolute atomic E-state index is 0.0413. The highest BCUT2D eigenvalue weighted by Crippen LogP contribution is 2.25. The number of hydrogen-bond acceptors (Lipinski definition) is 3. The van der Waals surface area contributed by atoms with Crippen molar-refractivity contribution in [1.82, 2.24) is 0 Å². The van der Waals surface area contributed by atoms with E-state index in [0.29, 0.717) is 6.07 Å². The van der Waals surface area contributed by atoms with Gasteiger partial charge >= 0.3 is 6.18 Å². The van der Waals surface area contributed by atoms with Crippen LogP contribution in [-0.2, 0) is 4.74 Å². The smallest absolute Gasteiger partial charge is 0.454 e. The van der Waals surface area contributed by atoms with Crippen LogP contribution in [0.3, 0.4) is 0 Å². The molecule has 0 fully saturated rings. The van der Waals surface area contributed by atoms with Crippen LogP contribution in [0.4, 0.5) is 17.6 Å². The minimum Gasteiger partial charge on any atom is -0.491 e. The van der Waals surface area contributed by atoms with Crippen molar-refractivity contribution < 1.29 is 31.8 Å². The molecule has 0 aromatic heterocycles. The molecule has 0 radical (unpaired) electrons. The largest absolute Gasteiger partial charge is 0.491 e. The molecule has 1 aromatic rings. The topological polar surface area (TPSA) is 35.5 Å². The van der Waals surface area contributed by atoms with E-state index in [4.69, 9.17) is 4.74 Å². The number of alkyl halides is 3. The van der Waals surface area contributed by atoms with E-state index < -0.39 is 23.3 Å². The molecule has 18 heavy (non-hydrogen) atoms. The lowest BCUT2D eigenvalue weighted by Gasteiger charge is -2.09. The Morgan fingerprint density at radius 2 is 1.89 bits per heavy atom. The average molecular weight is 266 g/mol. The fraction of sp³-hybridized carbons (Fsp3) is 0.364. The molecular weight excluding hydrogens is 256 g/mol. The van der Waals surface area contributed by atoms with Crippen LogP contribution in [0, 0.1) is 5.82 Å². The number of hydrogen-bond donors (Lipinski definition) is 0. The molecule has 1 rings (SSSR count). The Hall–Kier alpha value is -1.63. The first kappa shape index (κ1) is 14.4. The van der Waals surface area contributed by atoms with Gasteiger partial charge < -0.3 is 9.47 Å². The van der Waals surface area contributed by atoms with Gasteiger partial charge in [-0.1, -0.05) is 0 Å². The summed E-state index contributed by atoms with van der Waals surface area (Å²) in [6.07, 6.45) is -5.04. The number of benzene rings is 1. The standard InChI is InChI=1S/C11H10F4O3/c1-17-2-3-18-9-5-7(4-8(12)6-9)10(16)11(13,14)15/h4-6H,2-3H2,1H3. The second-order valence-electron chi connectivity index (χ2n) is 3.34. The van der Waals surface area contributed by atoms with Crippen LogP contribution in [0.1, 0.15) is 10.4 Å². The van der Waals surface area contributed by atoms with E-state index in [9.17, 15) is 22.4 Å². The highest BCUT2D eigenvalue weighted by atomic mass is 19.4. The van der Waals surface area contributed by atoms with Gasteiger partial charge in [-0.05, 0) is 12.1 Å². The zero-order valence-corrected chi connectivity index (χ0v) is 9.38. The van der Waals surface area contributed by atoms with Gasteiger partial charge in [-0.3, -0.25) is 4.79 Å². The van der Waals surface area contributed by atoms with Gasteiger partial charge in [-0.15, -0.1) is 0 Å². The molecule has 0 aliphatic rings. The van der Waals surface area contributed by atoms with Gasteiger partial charge in [0.15, 0.2) is 0 Å². The predicted molar refractivity (Wildman–Crippen MR) is 54.2 cm³/mol. The van der Waals surface area contributed by atoms with Crippen molar-refractivity contribution in [3.8, 4) is 5.75 Å². The Balaban J connectivity index is 2.90. The SMILES string of the molecule is COCCOc1cc(F)cc(C(=O)C(F)(F)F)c1. The van der Waals surface area contributed by atoms with Crippen LogP contribution in [0.5, 0.6) is 5.75 Å². The van der Waals surface area contributed by atoms with Crippen molar-refractivity contribution in [2.75, 3.05) is 20.3 Å². The van der Waals surface area contributed by atoms with Gasteiger partial charge in [0.1, 0.15) is 18.2 Å². The number of carbonyl (C=O) groups excluding carboxylic acids is 1. The van der Waals surface area contributed by atoms with Crippen LogP contribution in [0.15, 0.2) is 18.2 Å². The van der Waals surface area contributed by atoms with Gasteiger partial charge in [-0.25, -0.2) is 4.39 Å². The molecule has 0 saturated heterocycles. The Morgan fingerprint density at radius 1 is 1.22 bits per heavy atom. The number of rotatable bonds is 5. The highest BCUT2D eigenvalue weighted by Gasteiger charge is 2.39. The van der Waals surface area contributed by atoms with Gasteiger partial charge in [-0.2, -0.15) is 13.2 Å². The number of ketones is 1. The maximum absolute atomic E-state index is 13.1. The summed E-state index contributed by atoms with van der Waals surface area (Å²) in [7, 11) is 1.41. The number of halogens is 4. The zero-order chi connectivity index (χ0) is 13.8. The first-order valence-corrected chi connectivity index (χ1v) is 4.88. The molecule has 7 heteroatoms. The van der Waals surface area contributed by atoms with Gasteiger partial charge in [0.25, 0.3) is 5.78 Å². The number of Topliss-reactive ketones (excluding diaryl/α,β-unsaturated/α-hetero) is 1. The van der Waals surface area contributed by atoms with E-state index >= 15 is 0 Å². The Bertz CT molecular complexity index is 429. The fourth-order valence-corrected chi connectivity index (χ4v) is 1.18. The third-order valence-corrected chi connectivity index (χ3v) is 1.95. The Kier molecular flexibility index (Phi) is 4.66. The number of ether oxygens (including phenoxy) is 2. The summed E-state index contributed by atoms with van der Waals surface area (Å²) in [4.78, 5) is 10.9. The van der Waals surface area contributed by atoms with Gasteiger partial charge in [0.05, 0.1) is 6.61 Å². The normalized spacial score (nSPS) is 11.4. The molecule has 3 nitrogen and oxygen atoms in total. The molecule has 0 saturated carbocycles. The van der Waals surface area contributed by atoms with E-state index in [1.165, 1.54) is 7.11 Å². The monoisotopic (exact) mass is 266 g/mol. The van der Waals surface area contributed by atoms with Crippen LogP contribution in [-0.4, -0.2) is 32.3 Å². The summed E-state index contributed by atoms with van der Waals surface area (Å²) in [5.74, 6) is -3.24. The summed E-state index contributed by atoms with van der Waals surface area (Å²) in [5.41, 5.74) is -0.796. The van der Waals surface area contributed by atoms with E-state index in [2.05, 4.69) is 4.74 Å². The van der Waals surface area contributed by atoms with E-state index in [0.717, 1.165) is 12.1 Å². The number of carbonyl (C=O) groups is 1. The lowest BCUT2D eigenvalue weighted by atomic mass is 10.1. The van der Waals surface area contributed by atoms with Crippen molar-refractivity contribution in [2.24, 2.45) is 0 Å². The Labute approximate surface area is 100 Å². The van der Waals surface area contributed by atoms with Crippen LogP contribution < -0.4 is 4.74 Å². The van der Waals surface area contributed by atoms with Gasteiger partial charge in [0.2, 0.25) is 0 Å². The average Bonchev–Trinajstić information content (AvgIpc) is 2.26. The third kappa shape index (κ3) is 3.99. The van der Waals surface area contributed by atoms with Crippen molar-refractivity contribution in [3.63, 3.8) is 0 Å². The maximum atomic E-state index is 13.1. The predicted octanol–water partition coefficient (Wildman–Crippen LogP) is 2.60. The number of methoxy groups -OCH3 is 1. The molecule has 0 spiro atoms. The molecule has 0 N–H and O–H groups in total. The maximum Gasteiger partial charge on any atom is 0.454 e. The summed E-state index contributed by atoms with van der Waals surface area (Å²) in [5, 5.41) is 0. The summed E-state index contributed by atoms with van der Waals surface area (Å²) < 4.78 is 59.2. The Morgan fingerprint density at radius 3 is 2.44 bits per heavy atom. The first-order chi connectivity index (χ1) is 8.34. The minimum atomic E-state index is -5.04. The second kappa shape index (κ2) is 5.81. The van der Waals surface area contributed by atoms with Gasteiger partial charge in [0, 0.05) is 18.7 Å². The van der Waals surface area contributed by atoms with Crippen molar-refractivity contribution in [1.29, 1.82) is 0 Å². The highest BCUT2D eigenvalue weighted by molar-refractivity contribution is 6.00. The molecule has 0 heterocycles. The molecule has 0 aliphatic carbocycles. The van der Waals surface area contributed by atoms with Crippen LogP contribution in [0.2, 0.25) is 0 Å². The molecule has 100 valence electrons. The summed E-state index contributed by atoms with van der Waals surface area (Å²) >= 11 is 0. The molecule has 0 bridgehead atoms. The second-order valence-corrected chi connectivity index (χ2v) is 3.34. The quantitative estimate of drug-likeness (QED) is 0.467. The third-order valence-electron chi connectivity index (χ3n) is 1.95. The fourth-order valence-electron chi connectivity index (χ4n) is 1.18. The van der Waals surface area contributed by atoms with Crippen molar-refractivity contribution >= 4 is 5.78 Å². The molecule has 0 amide bonds. The lowest BCUT2D eigenvalue weighted by molar-refractivity contribution is -0.0885. The van der Waals surface area contributed by atoms with E-state index in [1.807, 2.05) is 0 Å². The van der Waals surface area contributed by atoms with Crippen molar-refractivity contribution in [3.05, 3.63) is 29.6 Å². The zero-order valence-electron chi connectivity index (χ0n) is 9.38. The van der Waals surface area contributed by atoms with Crippen LogP contribution >= 0.6 is 0 Å². The van der Waals surface area contributed by atoms with Crippen LogP contribution in [0.25, 0.3) is 0 Å².